The molecule has 24 heavy (non-hydrogen) atoms. The van der Waals surface area contributed by atoms with Gasteiger partial charge in [0.1, 0.15) is 6.61 Å². The van der Waals surface area contributed by atoms with Crippen molar-refractivity contribution in [2.45, 2.75) is 18.6 Å². The molecule has 1 atom stereocenters. The minimum Gasteiger partial charge on any atom is -0.467 e. The SMILES string of the molecule is COC(=O)[C@]1(c2ccccc2)CCN1C(=O)OCc1ccccc1. The van der Waals surface area contributed by atoms with Crippen molar-refractivity contribution in [3.63, 3.8) is 0 Å². The molecule has 0 aromatic heterocycles. The normalized spacial score (nSPS) is 19.3. The lowest BCUT2D eigenvalue weighted by Gasteiger charge is -2.49. The molecule has 0 unspecified atom stereocenters. The Morgan fingerprint density at radius 3 is 2.21 bits per heavy atom. The van der Waals surface area contributed by atoms with Crippen LogP contribution < -0.4 is 0 Å². The second-order valence-corrected chi connectivity index (χ2v) is 5.66. The van der Waals surface area contributed by atoms with Crippen LogP contribution >= 0.6 is 0 Å². The molecule has 3 rings (SSSR count). The molecule has 0 bridgehead atoms. The Labute approximate surface area is 140 Å². The van der Waals surface area contributed by atoms with E-state index in [0.29, 0.717) is 13.0 Å². The molecular formula is C19H19NO4. The van der Waals surface area contributed by atoms with E-state index in [1.807, 2.05) is 60.7 Å². The van der Waals surface area contributed by atoms with Gasteiger partial charge in [-0.3, -0.25) is 4.90 Å². The van der Waals surface area contributed by atoms with E-state index in [0.717, 1.165) is 11.1 Å². The molecule has 5 nitrogen and oxygen atoms in total. The van der Waals surface area contributed by atoms with Crippen LogP contribution in [0, 0.1) is 0 Å². The first-order valence-electron chi connectivity index (χ1n) is 7.81. The van der Waals surface area contributed by atoms with Crippen LogP contribution in [0.2, 0.25) is 0 Å². The Kier molecular flexibility index (Phi) is 4.51. The Hall–Kier alpha value is -2.82. The van der Waals surface area contributed by atoms with Crippen LogP contribution in [0.15, 0.2) is 60.7 Å². The molecule has 0 saturated carbocycles. The molecular weight excluding hydrogens is 306 g/mol. The van der Waals surface area contributed by atoms with Gasteiger partial charge in [-0.15, -0.1) is 0 Å². The Morgan fingerprint density at radius 2 is 1.67 bits per heavy atom. The Balaban J connectivity index is 1.79. The van der Waals surface area contributed by atoms with Gasteiger partial charge < -0.3 is 9.47 Å². The first-order valence-corrected chi connectivity index (χ1v) is 7.81. The van der Waals surface area contributed by atoms with Crippen LogP contribution in [0.1, 0.15) is 17.5 Å². The second-order valence-electron chi connectivity index (χ2n) is 5.66. The summed E-state index contributed by atoms with van der Waals surface area (Å²) in [7, 11) is 1.33. The summed E-state index contributed by atoms with van der Waals surface area (Å²) < 4.78 is 10.3. The molecule has 0 radical (unpaired) electrons. The first kappa shape index (κ1) is 16.1. The van der Waals surface area contributed by atoms with E-state index >= 15 is 0 Å². The molecule has 0 spiro atoms. The lowest BCUT2D eigenvalue weighted by Crippen LogP contribution is -2.64. The molecule has 1 aliphatic heterocycles. The van der Waals surface area contributed by atoms with Crippen molar-refractivity contribution in [2.24, 2.45) is 0 Å². The number of nitrogens with zero attached hydrogens (tertiary/aromatic N) is 1. The number of likely N-dealkylation sites (tertiary alicyclic amines) is 1. The van der Waals surface area contributed by atoms with E-state index in [1.54, 1.807) is 0 Å². The molecule has 1 aliphatic rings. The number of benzene rings is 2. The maximum Gasteiger partial charge on any atom is 0.411 e. The van der Waals surface area contributed by atoms with Crippen molar-refractivity contribution in [1.82, 2.24) is 4.90 Å². The van der Waals surface area contributed by atoms with Gasteiger partial charge >= 0.3 is 12.1 Å². The molecule has 1 fully saturated rings. The van der Waals surface area contributed by atoms with Crippen molar-refractivity contribution in [1.29, 1.82) is 0 Å². The standard InChI is InChI=1S/C19H19NO4/c1-23-17(21)19(16-10-6-3-7-11-16)12-13-20(19)18(22)24-14-15-8-4-2-5-9-15/h2-11H,12-14H2,1H3/t19-/m1/s1. The van der Waals surface area contributed by atoms with Crippen molar-refractivity contribution in [2.75, 3.05) is 13.7 Å². The van der Waals surface area contributed by atoms with E-state index in [-0.39, 0.29) is 6.61 Å². The summed E-state index contributed by atoms with van der Waals surface area (Å²) in [6, 6.07) is 18.6. The van der Waals surface area contributed by atoms with Gasteiger partial charge in [-0.1, -0.05) is 60.7 Å². The Bertz CT molecular complexity index is 717. The lowest BCUT2D eigenvalue weighted by atomic mass is 9.78. The predicted octanol–water partition coefficient (Wildman–Crippen LogP) is 3.10. The molecule has 0 aliphatic carbocycles. The number of esters is 1. The van der Waals surface area contributed by atoms with Crippen molar-refractivity contribution in [3.8, 4) is 0 Å². The molecule has 1 saturated heterocycles. The summed E-state index contributed by atoms with van der Waals surface area (Å²) in [5, 5.41) is 0. The van der Waals surface area contributed by atoms with Crippen LogP contribution in [0.5, 0.6) is 0 Å². The third-order valence-corrected chi connectivity index (χ3v) is 4.36. The number of carbonyl (C=O) groups excluding carboxylic acids is 2. The quantitative estimate of drug-likeness (QED) is 0.811. The highest BCUT2D eigenvalue weighted by molar-refractivity contribution is 5.89. The van der Waals surface area contributed by atoms with E-state index in [4.69, 9.17) is 9.47 Å². The first-order chi connectivity index (χ1) is 11.7. The van der Waals surface area contributed by atoms with Crippen molar-refractivity contribution >= 4 is 12.1 Å². The van der Waals surface area contributed by atoms with E-state index in [9.17, 15) is 9.59 Å². The molecule has 1 amide bonds. The average molecular weight is 325 g/mol. The van der Waals surface area contributed by atoms with Gasteiger partial charge in [-0.25, -0.2) is 9.59 Å². The van der Waals surface area contributed by atoms with Gasteiger partial charge in [-0.2, -0.15) is 0 Å². The number of ether oxygens (including phenoxy) is 2. The summed E-state index contributed by atoms with van der Waals surface area (Å²) in [5.41, 5.74) is 0.540. The summed E-state index contributed by atoms with van der Waals surface area (Å²) in [6.07, 6.45) is 0.00349. The van der Waals surface area contributed by atoms with Crippen LogP contribution in [0.3, 0.4) is 0 Å². The van der Waals surface area contributed by atoms with Gasteiger partial charge in [0, 0.05) is 13.0 Å². The highest BCUT2D eigenvalue weighted by atomic mass is 16.6. The monoisotopic (exact) mass is 325 g/mol. The fourth-order valence-corrected chi connectivity index (χ4v) is 3.00. The number of methoxy groups -OCH3 is 1. The predicted molar refractivity (Wildman–Crippen MR) is 88.1 cm³/mol. The van der Waals surface area contributed by atoms with Crippen molar-refractivity contribution in [3.05, 3.63) is 71.8 Å². The smallest absolute Gasteiger partial charge is 0.411 e. The zero-order chi connectivity index (χ0) is 17.0. The highest BCUT2D eigenvalue weighted by Gasteiger charge is 2.56. The zero-order valence-corrected chi connectivity index (χ0v) is 13.5. The topological polar surface area (TPSA) is 55.8 Å². The van der Waals surface area contributed by atoms with Crippen LogP contribution in [0.4, 0.5) is 4.79 Å². The fraction of sp³-hybridized carbons (Fsp3) is 0.263. The molecule has 1 heterocycles. The van der Waals surface area contributed by atoms with Gasteiger partial charge in [0.2, 0.25) is 0 Å². The summed E-state index contributed by atoms with van der Waals surface area (Å²) in [6.45, 7) is 0.625. The van der Waals surface area contributed by atoms with Crippen LogP contribution in [-0.4, -0.2) is 30.6 Å². The minimum atomic E-state index is -1.09. The highest BCUT2D eigenvalue weighted by Crippen LogP contribution is 2.42. The van der Waals surface area contributed by atoms with Gasteiger partial charge in [0.25, 0.3) is 0 Å². The number of amides is 1. The van der Waals surface area contributed by atoms with Gasteiger partial charge in [-0.05, 0) is 11.1 Å². The number of carbonyl (C=O) groups is 2. The number of hydrogen-bond donors (Lipinski definition) is 0. The summed E-state index contributed by atoms with van der Waals surface area (Å²) >= 11 is 0. The van der Waals surface area contributed by atoms with Gasteiger partial charge in [0.15, 0.2) is 5.54 Å². The van der Waals surface area contributed by atoms with Gasteiger partial charge in [0.05, 0.1) is 7.11 Å². The van der Waals surface area contributed by atoms with E-state index in [1.165, 1.54) is 12.0 Å². The summed E-state index contributed by atoms with van der Waals surface area (Å²) in [5.74, 6) is -0.448. The van der Waals surface area contributed by atoms with E-state index in [2.05, 4.69) is 0 Å². The Morgan fingerprint density at radius 1 is 1.04 bits per heavy atom. The third-order valence-electron chi connectivity index (χ3n) is 4.36. The fourth-order valence-electron chi connectivity index (χ4n) is 3.00. The third kappa shape index (κ3) is 2.73. The number of hydrogen-bond acceptors (Lipinski definition) is 4. The lowest BCUT2D eigenvalue weighted by molar-refractivity contribution is -0.164. The maximum absolute atomic E-state index is 12.5. The van der Waals surface area contributed by atoms with E-state index < -0.39 is 17.6 Å². The summed E-state index contributed by atoms with van der Waals surface area (Å²) in [4.78, 5) is 26.4. The zero-order valence-electron chi connectivity index (χ0n) is 13.5. The molecule has 124 valence electrons. The molecule has 0 N–H and O–H groups in total. The molecule has 5 heteroatoms. The average Bonchev–Trinajstić information content (AvgIpc) is 2.61. The van der Waals surface area contributed by atoms with Crippen LogP contribution in [0.25, 0.3) is 0 Å². The molecule has 2 aromatic carbocycles. The largest absolute Gasteiger partial charge is 0.467 e. The maximum atomic E-state index is 12.5. The minimum absolute atomic E-state index is 0.169. The van der Waals surface area contributed by atoms with Crippen molar-refractivity contribution < 1.29 is 19.1 Å². The second kappa shape index (κ2) is 6.74. The molecule has 2 aromatic rings. The van der Waals surface area contributed by atoms with Crippen LogP contribution in [-0.2, 0) is 26.4 Å². The number of rotatable bonds is 4.